The van der Waals surface area contributed by atoms with Crippen molar-refractivity contribution in [3.63, 3.8) is 0 Å². The second-order valence-corrected chi connectivity index (χ2v) is 4.71. The molecule has 1 aromatic rings. The van der Waals surface area contributed by atoms with Gasteiger partial charge in [-0.1, -0.05) is 24.9 Å². The molecule has 1 N–H and O–H groups in total. The van der Waals surface area contributed by atoms with Crippen molar-refractivity contribution < 1.29 is 9.47 Å². The first kappa shape index (κ1) is 15.3. The predicted molar refractivity (Wildman–Crippen MR) is 75.4 cm³/mol. The van der Waals surface area contributed by atoms with Crippen molar-refractivity contribution in [1.29, 1.82) is 0 Å². The minimum atomic E-state index is 0.365. The average Bonchev–Trinajstić information content (AvgIpc) is 2.36. The zero-order valence-corrected chi connectivity index (χ0v) is 12.1. The summed E-state index contributed by atoms with van der Waals surface area (Å²) in [6, 6.07) is 6.03. The predicted octanol–water partition coefficient (Wildman–Crippen LogP) is 3.25. The Morgan fingerprint density at radius 1 is 1.33 bits per heavy atom. The van der Waals surface area contributed by atoms with Crippen molar-refractivity contribution in [1.82, 2.24) is 5.32 Å². The minimum Gasteiger partial charge on any atom is -0.496 e. The second kappa shape index (κ2) is 8.35. The summed E-state index contributed by atoms with van der Waals surface area (Å²) in [5.41, 5.74) is 1.07. The van der Waals surface area contributed by atoms with Crippen LogP contribution in [0.3, 0.4) is 0 Å². The highest BCUT2D eigenvalue weighted by Crippen LogP contribution is 2.22. The minimum absolute atomic E-state index is 0.365. The van der Waals surface area contributed by atoms with Gasteiger partial charge in [-0.3, -0.25) is 0 Å². The molecule has 0 fully saturated rings. The van der Waals surface area contributed by atoms with Crippen LogP contribution in [0.1, 0.15) is 25.3 Å². The van der Waals surface area contributed by atoms with Crippen LogP contribution in [-0.4, -0.2) is 26.9 Å². The lowest BCUT2D eigenvalue weighted by atomic mass is 10.1. The van der Waals surface area contributed by atoms with Gasteiger partial charge < -0.3 is 14.8 Å². The van der Waals surface area contributed by atoms with E-state index in [-0.39, 0.29) is 0 Å². The highest BCUT2D eigenvalue weighted by Gasteiger charge is 2.09. The third-order valence-electron chi connectivity index (χ3n) is 2.83. The molecule has 4 heteroatoms. The van der Waals surface area contributed by atoms with E-state index in [1.165, 1.54) is 0 Å². The molecule has 3 nitrogen and oxygen atoms in total. The molecule has 0 saturated carbocycles. The van der Waals surface area contributed by atoms with E-state index in [0.717, 1.165) is 42.3 Å². The largest absolute Gasteiger partial charge is 0.496 e. The number of ether oxygens (including phenoxy) is 2. The van der Waals surface area contributed by atoms with Crippen molar-refractivity contribution in [2.75, 3.05) is 20.8 Å². The lowest BCUT2D eigenvalue weighted by molar-refractivity contribution is 0.161. The van der Waals surface area contributed by atoms with Crippen LogP contribution >= 0.6 is 11.6 Å². The molecule has 0 heterocycles. The summed E-state index contributed by atoms with van der Waals surface area (Å²) in [6.45, 7) is 3.62. The van der Waals surface area contributed by atoms with Crippen LogP contribution in [0.25, 0.3) is 0 Å². The molecule has 1 aromatic carbocycles. The van der Waals surface area contributed by atoms with Crippen molar-refractivity contribution in [2.24, 2.45) is 0 Å². The lowest BCUT2D eigenvalue weighted by Gasteiger charge is -2.18. The highest BCUT2D eigenvalue weighted by atomic mass is 35.5. The summed E-state index contributed by atoms with van der Waals surface area (Å²) in [7, 11) is 3.40. The van der Waals surface area contributed by atoms with E-state index in [9.17, 15) is 0 Å². The quantitative estimate of drug-likeness (QED) is 0.787. The summed E-state index contributed by atoms with van der Waals surface area (Å²) >= 11 is 6.00. The number of methoxy groups -OCH3 is 2. The fourth-order valence-corrected chi connectivity index (χ4v) is 2.13. The number of nitrogens with one attached hydrogen (secondary N) is 1. The Labute approximate surface area is 114 Å². The Morgan fingerprint density at radius 3 is 2.72 bits per heavy atom. The molecule has 0 spiro atoms. The van der Waals surface area contributed by atoms with Crippen LogP contribution < -0.4 is 10.1 Å². The van der Waals surface area contributed by atoms with Crippen LogP contribution in [0.4, 0.5) is 0 Å². The van der Waals surface area contributed by atoms with E-state index in [0.29, 0.717) is 6.04 Å². The van der Waals surface area contributed by atoms with Gasteiger partial charge in [-0.25, -0.2) is 0 Å². The molecule has 102 valence electrons. The van der Waals surface area contributed by atoms with Gasteiger partial charge in [0.25, 0.3) is 0 Å². The van der Waals surface area contributed by atoms with Gasteiger partial charge in [-0.2, -0.15) is 0 Å². The van der Waals surface area contributed by atoms with Gasteiger partial charge in [0.15, 0.2) is 0 Å². The molecule has 0 amide bonds. The molecule has 0 aliphatic rings. The fraction of sp³-hybridized carbons (Fsp3) is 0.571. The van der Waals surface area contributed by atoms with Crippen LogP contribution in [0.15, 0.2) is 18.2 Å². The van der Waals surface area contributed by atoms with Crippen molar-refractivity contribution in [2.45, 2.75) is 32.4 Å². The van der Waals surface area contributed by atoms with Gasteiger partial charge >= 0.3 is 0 Å². The average molecular weight is 272 g/mol. The van der Waals surface area contributed by atoms with Crippen molar-refractivity contribution in [3.8, 4) is 5.75 Å². The number of hydrogen-bond acceptors (Lipinski definition) is 3. The van der Waals surface area contributed by atoms with Crippen LogP contribution in [-0.2, 0) is 11.3 Å². The first-order valence-corrected chi connectivity index (χ1v) is 6.63. The first-order chi connectivity index (χ1) is 8.71. The molecule has 1 unspecified atom stereocenters. The Balaban J connectivity index is 2.62. The monoisotopic (exact) mass is 271 g/mol. The van der Waals surface area contributed by atoms with Crippen LogP contribution in [0.2, 0.25) is 5.02 Å². The molecule has 0 radical (unpaired) electrons. The standard InChI is InChI=1S/C14H22ClNO2/c1-4-5-13(10-17-2)16-9-11-8-12(15)6-7-14(11)18-3/h6-8,13,16H,4-5,9-10H2,1-3H3. The molecule has 1 rings (SSSR count). The summed E-state index contributed by atoms with van der Waals surface area (Å²) < 4.78 is 10.5. The molecule has 0 aromatic heterocycles. The molecule has 18 heavy (non-hydrogen) atoms. The number of halogens is 1. The molecule has 1 atom stereocenters. The van der Waals surface area contributed by atoms with E-state index in [2.05, 4.69) is 12.2 Å². The Kier molecular flexibility index (Phi) is 7.09. The van der Waals surface area contributed by atoms with Crippen molar-refractivity contribution in [3.05, 3.63) is 28.8 Å². The summed E-state index contributed by atoms with van der Waals surface area (Å²) in [6.07, 6.45) is 2.23. The summed E-state index contributed by atoms with van der Waals surface area (Å²) in [5, 5.41) is 4.20. The van der Waals surface area contributed by atoms with Gasteiger partial charge in [-0.05, 0) is 24.6 Å². The molecule has 0 saturated heterocycles. The van der Waals surface area contributed by atoms with Gasteiger partial charge in [0.05, 0.1) is 13.7 Å². The van der Waals surface area contributed by atoms with E-state index in [4.69, 9.17) is 21.1 Å². The van der Waals surface area contributed by atoms with Crippen LogP contribution in [0.5, 0.6) is 5.75 Å². The Hall–Kier alpha value is -0.770. The van der Waals surface area contributed by atoms with E-state index >= 15 is 0 Å². The second-order valence-electron chi connectivity index (χ2n) is 4.28. The number of benzene rings is 1. The fourth-order valence-electron chi connectivity index (χ4n) is 1.93. The Morgan fingerprint density at radius 2 is 2.11 bits per heavy atom. The molecule has 0 aliphatic heterocycles. The first-order valence-electron chi connectivity index (χ1n) is 6.26. The molecular weight excluding hydrogens is 250 g/mol. The van der Waals surface area contributed by atoms with E-state index in [1.54, 1.807) is 14.2 Å². The van der Waals surface area contributed by atoms with Crippen LogP contribution in [0, 0.1) is 0 Å². The molecule has 0 bridgehead atoms. The zero-order valence-electron chi connectivity index (χ0n) is 11.3. The maximum absolute atomic E-state index is 6.00. The van der Waals surface area contributed by atoms with E-state index in [1.807, 2.05) is 18.2 Å². The Bertz CT molecular complexity index is 352. The topological polar surface area (TPSA) is 30.5 Å². The SMILES string of the molecule is CCCC(COC)NCc1cc(Cl)ccc1OC. The number of rotatable bonds is 8. The molecular formula is C14H22ClNO2. The van der Waals surface area contributed by atoms with Gasteiger partial charge in [0, 0.05) is 30.3 Å². The molecule has 0 aliphatic carbocycles. The normalized spacial score (nSPS) is 12.4. The number of hydrogen-bond donors (Lipinski definition) is 1. The zero-order chi connectivity index (χ0) is 13.4. The summed E-state index contributed by atoms with van der Waals surface area (Å²) in [5.74, 6) is 0.861. The van der Waals surface area contributed by atoms with Gasteiger partial charge in [0.2, 0.25) is 0 Å². The maximum atomic E-state index is 6.00. The third kappa shape index (κ3) is 4.84. The van der Waals surface area contributed by atoms with Crippen molar-refractivity contribution >= 4 is 11.6 Å². The summed E-state index contributed by atoms with van der Waals surface area (Å²) in [4.78, 5) is 0. The highest BCUT2D eigenvalue weighted by molar-refractivity contribution is 6.30. The third-order valence-corrected chi connectivity index (χ3v) is 3.06. The maximum Gasteiger partial charge on any atom is 0.123 e. The van der Waals surface area contributed by atoms with E-state index < -0.39 is 0 Å². The smallest absolute Gasteiger partial charge is 0.123 e. The van der Waals surface area contributed by atoms with Gasteiger partial charge in [-0.15, -0.1) is 0 Å². The lowest BCUT2D eigenvalue weighted by Crippen LogP contribution is -2.32. The van der Waals surface area contributed by atoms with Gasteiger partial charge in [0.1, 0.15) is 5.75 Å².